The maximum absolute atomic E-state index is 13.4. The molecule has 0 saturated carbocycles. The van der Waals surface area contributed by atoms with Crippen LogP contribution in [0.25, 0.3) is 22.2 Å². The zero-order valence-electron chi connectivity index (χ0n) is 15.2. The Morgan fingerprint density at radius 2 is 2.00 bits per heavy atom. The summed E-state index contributed by atoms with van der Waals surface area (Å²) >= 11 is 0. The van der Waals surface area contributed by atoms with Crippen molar-refractivity contribution in [2.24, 2.45) is 5.92 Å². The molecule has 0 atom stereocenters. The molecule has 3 aromatic rings. The van der Waals surface area contributed by atoms with Gasteiger partial charge in [-0.25, -0.2) is 9.37 Å². The van der Waals surface area contributed by atoms with Crippen molar-refractivity contribution in [3.05, 3.63) is 54.4 Å². The zero-order valence-corrected chi connectivity index (χ0v) is 15.2. The van der Waals surface area contributed by atoms with Crippen molar-refractivity contribution in [1.82, 2.24) is 19.9 Å². The number of rotatable bonds is 4. The molecule has 0 aromatic carbocycles. The highest BCUT2D eigenvalue weighted by molar-refractivity contribution is 5.85. The normalized spacial score (nSPS) is 15.9. The van der Waals surface area contributed by atoms with E-state index >= 15 is 0 Å². The molecular formula is C21H21FN4O. The monoisotopic (exact) mass is 364 g/mol. The summed E-state index contributed by atoms with van der Waals surface area (Å²) in [6.45, 7) is 1.93. The number of nitrogens with zero attached hydrogens (tertiary/aromatic N) is 4. The molecule has 1 fully saturated rings. The van der Waals surface area contributed by atoms with Crippen molar-refractivity contribution in [3.8, 4) is 11.3 Å². The summed E-state index contributed by atoms with van der Waals surface area (Å²) in [5.74, 6) is -0.0228. The second-order valence-electron chi connectivity index (χ2n) is 7.18. The number of hydrogen-bond donors (Lipinski definition) is 0. The van der Waals surface area contributed by atoms with Crippen LogP contribution in [-0.2, 0) is 11.2 Å². The Hall–Kier alpha value is -2.73. The number of fused-ring (bicyclic) bond motifs is 1. The van der Waals surface area contributed by atoms with E-state index in [1.807, 2.05) is 18.2 Å². The predicted molar refractivity (Wildman–Crippen MR) is 102 cm³/mol. The van der Waals surface area contributed by atoms with E-state index in [1.54, 1.807) is 12.4 Å². The minimum Gasteiger partial charge on any atom is -0.306 e. The van der Waals surface area contributed by atoms with Gasteiger partial charge in [0.25, 0.3) is 0 Å². The van der Waals surface area contributed by atoms with Crippen LogP contribution in [0.2, 0.25) is 0 Å². The first-order chi connectivity index (χ1) is 13.1. The number of halogens is 1. The van der Waals surface area contributed by atoms with Crippen molar-refractivity contribution >= 4 is 16.7 Å². The third-order valence-electron chi connectivity index (χ3n) is 5.16. The van der Waals surface area contributed by atoms with E-state index in [9.17, 15) is 9.18 Å². The topological polar surface area (TPSA) is 59.0 Å². The van der Waals surface area contributed by atoms with Crippen LogP contribution in [-0.4, -0.2) is 45.8 Å². The first-order valence-corrected chi connectivity index (χ1v) is 9.16. The number of pyridine rings is 3. The lowest BCUT2D eigenvalue weighted by atomic mass is 9.90. The molecule has 0 spiro atoms. The van der Waals surface area contributed by atoms with Gasteiger partial charge in [0.1, 0.15) is 11.6 Å². The van der Waals surface area contributed by atoms with Gasteiger partial charge in [-0.2, -0.15) is 0 Å². The molecule has 0 bridgehead atoms. The van der Waals surface area contributed by atoms with E-state index in [-0.39, 0.29) is 11.7 Å². The molecule has 0 unspecified atom stereocenters. The van der Waals surface area contributed by atoms with E-state index in [1.165, 1.54) is 12.3 Å². The Kier molecular flexibility index (Phi) is 4.90. The van der Waals surface area contributed by atoms with Crippen molar-refractivity contribution in [2.75, 3.05) is 20.1 Å². The van der Waals surface area contributed by atoms with Crippen LogP contribution in [0.4, 0.5) is 4.39 Å². The molecule has 1 saturated heterocycles. The van der Waals surface area contributed by atoms with Crippen LogP contribution in [0.1, 0.15) is 18.5 Å². The number of carbonyl (C=O) groups excluding carboxylic acids is 1. The highest BCUT2D eigenvalue weighted by Crippen LogP contribution is 2.22. The minimum atomic E-state index is -0.395. The Labute approximate surface area is 157 Å². The molecule has 4 heterocycles. The van der Waals surface area contributed by atoms with E-state index in [0.717, 1.165) is 42.5 Å². The highest BCUT2D eigenvalue weighted by Gasteiger charge is 2.23. The molecule has 0 amide bonds. The Bertz CT molecular complexity index is 983. The quantitative estimate of drug-likeness (QED) is 0.711. The van der Waals surface area contributed by atoms with E-state index in [2.05, 4.69) is 26.9 Å². The Balaban J connectivity index is 1.56. The number of hydrogen-bond acceptors (Lipinski definition) is 5. The first kappa shape index (κ1) is 17.7. The lowest BCUT2D eigenvalue weighted by Crippen LogP contribution is -2.34. The predicted octanol–water partition coefficient (Wildman–Crippen LogP) is 3.28. The van der Waals surface area contributed by atoms with Crippen molar-refractivity contribution in [1.29, 1.82) is 0 Å². The van der Waals surface area contributed by atoms with Crippen LogP contribution < -0.4 is 0 Å². The summed E-state index contributed by atoms with van der Waals surface area (Å²) < 4.78 is 13.4. The van der Waals surface area contributed by atoms with Gasteiger partial charge in [-0.3, -0.25) is 14.8 Å². The molecule has 0 aliphatic carbocycles. The average Bonchev–Trinajstić information content (AvgIpc) is 2.68. The fraction of sp³-hybridized carbons (Fsp3) is 0.333. The fourth-order valence-electron chi connectivity index (χ4n) is 3.52. The number of Topliss-reactive ketones (excluding diaryl/α,β-unsaturated/α-hetero) is 1. The van der Waals surface area contributed by atoms with Gasteiger partial charge in [0.2, 0.25) is 0 Å². The largest absolute Gasteiger partial charge is 0.306 e. The lowest BCUT2D eigenvalue weighted by Gasteiger charge is -2.27. The fourth-order valence-corrected chi connectivity index (χ4v) is 3.52. The molecule has 138 valence electrons. The van der Waals surface area contributed by atoms with E-state index < -0.39 is 5.82 Å². The van der Waals surface area contributed by atoms with Gasteiger partial charge in [0, 0.05) is 41.4 Å². The number of ketones is 1. The summed E-state index contributed by atoms with van der Waals surface area (Å²) in [6.07, 6.45) is 6.66. The number of likely N-dealkylation sites (tertiary alicyclic amines) is 1. The van der Waals surface area contributed by atoms with Crippen molar-refractivity contribution in [3.63, 3.8) is 0 Å². The van der Waals surface area contributed by atoms with Gasteiger partial charge in [0.05, 0.1) is 17.4 Å². The van der Waals surface area contributed by atoms with E-state index in [0.29, 0.717) is 17.7 Å². The van der Waals surface area contributed by atoms with Gasteiger partial charge < -0.3 is 4.90 Å². The molecule has 1 aliphatic heterocycles. The van der Waals surface area contributed by atoms with Crippen LogP contribution in [0.5, 0.6) is 0 Å². The SMILES string of the molecule is CN1CCC(C(=O)Cc2cc3nc(-c4cncc(F)c4)ccc3cn2)CC1. The van der Waals surface area contributed by atoms with Gasteiger partial charge in [-0.05, 0) is 57.2 Å². The van der Waals surface area contributed by atoms with Crippen LogP contribution in [0.15, 0.2) is 42.9 Å². The molecule has 3 aromatic heterocycles. The first-order valence-electron chi connectivity index (χ1n) is 9.16. The van der Waals surface area contributed by atoms with Gasteiger partial charge >= 0.3 is 0 Å². The van der Waals surface area contributed by atoms with Gasteiger partial charge in [-0.15, -0.1) is 0 Å². The highest BCUT2D eigenvalue weighted by atomic mass is 19.1. The summed E-state index contributed by atoms with van der Waals surface area (Å²) in [7, 11) is 2.09. The van der Waals surface area contributed by atoms with Crippen molar-refractivity contribution in [2.45, 2.75) is 19.3 Å². The van der Waals surface area contributed by atoms with Crippen molar-refractivity contribution < 1.29 is 9.18 Å². The van der Waals surface area contributed by atoms with Crippen LogP contribution in [0, 0.1) is 11.7 Å². The smallest absolute Gasteiger partial charge is 0.142 e. The minimum absolute atomic E-state index is 0.122. The molecule has 27 heavy (non-hydrogen) atoms. The molecular weight excluding hydrogens is 343 g/mol. The van der Waals surface area contributed by atoms with Crippen LogP contribution >= 0.6 is 0 Å². The second-order valence-corrected chi connectivity index (χ2v) is 7.18. The second kappa shape index (κ2) is 7.48. The standard InChI is InChI=1S/C21H21FN4O/c1-26-6-4-14(5-7-26)21(27)10-18-9-20-15(12-24-18)2-3-19(25-20)16-8-17(22)13-23-11-16/h2-3,8-9,11-14H,4-7,10H2,1H3. The maximum Gasteiger partial charge on any atom is 0.142 e. The third kappa shape index (κ3) is 4.01. The molecule has 6 heteroatoms. The van der Waals surface area contributed by atoms with Crippen LogP contribution in [0.3, 0.4) is 0 Å². The third-order valence-corrected chi connectivity index (χ3v) is 5.16. The van der Waals surface area contributed by atoms with Gasteiger partial charge in [0.15, 0.2) is 0 Å². The maximum atomic E-state index is 13.4. The Morgan fingerprint density at radius 3 is 2.78 bits per heavy atom. The van der Waals surface area contributed by atoms with E-state index in [4.69, 9.17) is 0 Å². The molecule has 5 nitrogen and oxygen atoms in total. The molecule has 1 aliphatic rings. The number of carbonyl (C=O) groups is 1. The molecule has 4 rings (SSSR count). The summed E-state index contributed by atoms with van der Waals surface area (Å²) in [5.41, 5.74) is 2.75. The summed E-state index contributed by atoms with van der Waals surface area (Å²) in [4.78, 5) is 27.8. The molecule has 0 radical (unpaired) electrons. The zero-order chi connectivity index (χ0) is 18.8. The summed E-state index contributed by atoms with van der Waals surface area (Å²) in [5, 5.41) is 0.888. The summed E-state index contributed by atoms with van der Waals surface area (Å²) in [6, 6.07) is 6.99. The number of piperidine rings is 1. The molecule has 0 N–H and O–H groups in total. The number of aromatic nitrogens is 3. The average molecular weight is 364 g/mol. The Morgan fingerprint density at radius 1 is 1.19 bits per heavy atom. The van der Waals surface area contributed by atoms with Gasteiger partial charge in [-0.1, -0.05) is 0 Å². The lowest BCUT2D eigenvalue weighted by molar-refractivity contribution is -0.123.